The largest absolute Gasteiger partial charge is 0.266 e. The van der Waals surface area contributed by atoms with Gasteiger partial charge in [0, 0.05) is 17.6 Å². The van der Waals surface area contributed by atoms with Gasteiger partial charge in [-0.15, -0.1) is 0 Å². The van der Waals surface area contributed by atoms with Crippen molar-refractivity contribution in [2.24, 2.45) is 0 Å². The zero-order valence-corrected chi connectivity index (χ0v) is 14.5. The number of hydrogen-bond acceptors (Lipinski definition) is 3. The summed E-state index contributed by atoms with van der Waals surface area (Å²) in [6, 6.07) is 12.8. The Morgan fingerprint density at radius 2 is 1.96 bits per heavy atom. The summed E-state index contributed by atoms with van der Waals surface area (Å²) in [7, 11) is -3.82. The molecule has 1 atom stereocenters. The van der Waals surface area contributed by atoms with Crippen LogP contribution in [-0.4, -0.2) is 19.4 Å². The van der Waals surface area contributed by atoms with Gasteiger partial charge < -0.3 is 0 Å². The van der Waals surface area contributed by atoms with Crippen LogP contribution in [0.15, 0.2) is 59.6 Å². The molecule has 0 spiro atoms. The van der Waals surface area contributed by atoms with Crippen LogP contribution in [0.4, 0.5) is 10.1 Å². The van der Waals surface area contributed by atoms with Gasteiger partial charge in [0.05, 0.1) is 11.2 Å². The van der Waals surface area contributed by atoms with Gasteiger partial charge in [-0.3, -0.25) is 9.29 Å². The maximum atomic E-state index is 13.6. The van der Waals surface area contributed by atoms with E-state index in [1.807, 2.05) is 19.1 Å². The molecule has 25 heavy (non-hydrogen) atoms. The minimum atomic E-state index is -3.82. The van der Waals surface area contributed by atoms with Gasteiger partial charge in [-0.05, 0) is 55.7 Å². The summed E-state index contributed by atoms with van der Waals surface area (Å²) in [5.74, 6) is -0.350. The molecule has 0 N–H and O–H groups in total. The number of halogens is 1. The van der Waals surface area contributed by atoms with Crippen LogP contribution in [0.2, 0.25) is 0 Å². The Labute approximate surface area is 146 Å². The average Bonchev–Trinajstić information content (AvgIpc) is 2.61. The highest BCUT2D eigenvalue weighted by molar-refractivity contribution is 7.93. The van der Waals surface area contributed by atoms with Gasteiger partial charge in [-0.1, -0.05) is 18.2 Å². The third-order valence-corrected chi connectivity index (χ3v) is 6.60. The van der Waals surface area contributed by atoms with Crippen molar-refractivity contribution in [3.63, 3.8) is 0 Å². The molecule has 1 aromatic heterocycles. The van der Waals surface area contributed by atoms with Crippen molar-refractivity contribution in [1.82, 2.24) is 4.98 Å². The maximum absolute atomic E-state index is 13.6. The molecule has 128 valence electrons. The van der Waals surface area contributed by atoms with Gasteiger partial charge >= 0.3 is 0 Å². The predicted octanol–water partition coefficient (Wildman–Crippen LogP) is 3.90. The molecule has 0 radical (unpaired) electrons. The molecule has 0 saturated heterocycles. The van der Waals surface area contributed by atoms with Crippen molar-refractivity contribution < 1.29 is 12.8 Å². The summed E-state index contributed by atoms with van der Waals surface area (Å²) < 4.78 is 41.9. The standard InChI is InChI=1S/C19H17FN2O2S/c1-13-7-8-15-12-16(20)9-10-17(15)22(13)25(23,24)18-6-2-4-14-5-3-11-21-19(14)18/h2-6,9-13H,7-8H2,1H3. The van der Waals surface area contributed by atoms with Gasteiger partial charge in [-0.2, -0.15) is 0 Å². The van der Waals surface area contributed by atoms with E-state index < -0.39 is 10.0 Å². The number of anilines is 1. The second-order valence-electron chi connectivity index (χ2n) is 6.29. The highest BCUT2D eigenvalue weighted by atomic mass is 32.2. The molecular weight excluding hydrogens is 339 g/mol. The van der Waals surface area contributed by atoms with Gasteiger partial charge in [-0.25, -0.2) is 12.8 Å². The summed E-state index contributed by atoms with van der Waals surface area (Å²) >= 11 is 0. The minimum absolute atomic E-state index is 0.176. The minimum Gasteiger partial charge on any atom is -0.263 e. The Morgan fingerprint density at radius 1 is 1.16 bits per heavy atom. The topological polar surface area (TPSA) is 50.3 Å². The summed E-state index contributed by atoms with van der Waals surface area (Å²) in [4.78, 5) is 4.45. The third-order valence-electron chi connectivity index (χ3n) is 4.64. The molecular formula is C19H17FN2O2S. The van der Waals surface area contributed by atoms with Crippen LogP contribution in [0, 0.1) is 5.82 Å². The number of sulfonamides is 1. The Bertz CT molecular complexity index is 1060. The van der Waals surface area contributed by atoms with Gasteiger partial charge in [0.2, 0.25) is 0 Å². The number of aryl methyl sites for hydroxylation is 1. The zero-order chi connectivity index (χ0) is 17.6. The molecule has 0 fully saturated rings. The fourth-order valence-electron chi connectivity index (χ4n) is 3.45. The van der Waals surface area contributed by atoms with E-state index in [2.05, 4.69) is 4.98 Å². The van der Waals surface area contributed by atoms with E-state index in [0.29, 0.717) is 24.0 Å². The average molecular weight is 356 g/mol. The molecule has 1 unspecified atom stereocenters. The molecule has 2 aromatic carbocycles. The first-order chi connectivity index (χ1) is 12.0. The molecule has 3 aromatic rings. The highest BCUT2D eigenvalue weighted by Gasteiger charge is 2.35. The van der Waals surface area contributed by atoms with Crippen LogP contribution in [0.1, 0.15) is 18.9 Å². The van der Waals surface area contributed by atoms with E-state index >= 15 is 0 Å². The first kappa shape index (κ1) is 16.0. The van der Waals surface area contributed by atoms with Crippen molar-refractivity contribution in [3.05, 3.63) is 66.1 Å². The SMILES string of the molecule is CC1CCc2cc(F)ccc2N1S(=O)(=O)c1cccc2cccnc12. The van der Waals surface area contributed by atoms with Crippen LogP contribution < -0.4 is 4.31 Å². The lowest BCUT2D eigenvalue weighted by molar-refractivity contribution is 0.560. The second-order valence-corrected chi connectivity index (χ2v) is 8.08. The first-order valence-electron chi connectivity index (χ1n) is 8.15. The monoisotopic (exact) mass is 356 g/mol. The number of pyridine rings is 1. The quantitative estimate of drug-likeness (QED) is 0.700. The number of para-hydroxylation sites is 1. The van der Waals surface area contributed by atoms with Crippen LogP contribution in [0.25, 0.3) is 10.9 Å². The van der Waals surface area contributed by atoms with E-state index in [9.17, 15) is 12.8 Å². The van der Waals surface area contributed by atoms with E-state index in [-0.39, 0.29) is 16.8 Å². The summed E-state index contributed by atoms with van der Waals surface area (Å²) in [6.45, 7) is 1.88. The molecule has 0 bridgehead atoms. The van der Waals surface area contributed by atoms with Crippen LogP contribution in [0.5, 0.6) is 0 Å². The van der Waals surface area contributed by atoms with Crippen LogP contribution in [0.3, 0.4) is 0 Å². The lowest BCUT2D eigenvalue weighted by Crippen LogP contribution is -2.42. The maximum Gasteiger partial charge on any atom is 0.266 e. The molecule has 0 amide bonds. The summed E-state index contributed by atoms with van der Waals surface area (Å²) in [5.41, 5.74) is 1.72. The predicted molar refractivity (Wildman–Crippen MR) is 95.6 cm³/mol. The number of benzene rings is 2. The number of fused-ring (bicyclic) bond motifs is 2. The summed E-state index contributed by atoms with van der Waals surface area (Å²) in [5, 5.41) is 0.771. The smallest absolute Gasteiger partial charge is 0.263 e. The Hall–Kier alpha value is -2.47. The van der Waals surface area contributed by atoms with Crippen molar-refractivity contribution in [1.29, 1.82) is 0 Å². The fraction of sp³-hybridized carbons (Fsp3) is 0.211. The summed E-state index contributed by atoms with van der Waals surface area (Å²) in [6.07, 6.45) is 2.90. The lowest BCUT2D eigenvalue weighted by Gasteiger charge is -2.36. The Kier molecular flexibility index (Phi) is 3.72. The van der Waals surface area contributed by atoms with E-state index in [0.717, 1.165) is 10.9 Å². The molecule has 0 aliphatic carbocycles. The van der Waals surface area contributed by atoms with E-state index in [1.54, 1.807) is 30.5 Å². The lowest BCUT2D eigenvalue weighted by atomic mass is 9.99. The van der Waals surface area contributed by atoms with E-state index in [1.165, 1.54) is 16.4 Å². The van der Waals surface area contributed by atoms with E-state index in [4.69, 9.17) is 0 Å². The van der Waals surface area contributed by atoms with Gasteiger partial charge in [0.25, 0.3) is 10.0 Å². The Balaban J connectivity index is 1.94. The van der Waals surface area contributed by atoms with Crippen LogP contribution in [-0.2, 0) is 16.4 Å². The molecule has 4 rings (SSSR count). The second kappa shape index (κ2) is 5.81. The molecule has 1 aliphatic heterocycles. The highest BCUT2D eigenvalue weighted by Crippen LogP contribution is 2.37. The number of hydrogen-bond donors (Lipinski definition) is 0. The number of nitrogens with zero attached hydrogens (tertiary/aromatic N) is 2. The van der Waals surface area contributed by atoms with Crippen LogP contribution >= 0.6 is 0 Å². The fourth-order valence-corrected chi connectivity index (χ4v) is 5.34. The molecule has 6 heteroatoms. The van der Waals surface area contributed by atoms with Gasteiger partial charge in [0.15, 0.2) is 0 Å². The van der Waals surface area contributed by atoms with Gasteiger partial charge in [0.1, 0.15) is 10.7 Å². The van der Waals surface area contributed by atoms with Crippen molar-refractivity contribution in [2.45, 2.75) is 30.7 Å². The first-order valence-corrected chi connectivity index (χ1v) is 9.59. The third kappa shape index (κ3) is 2.57. The van der Waals surface area contributed by atoms with Crippen molar-refractivity contribution in [3.8, 4) is 0 Å². The zero-order valence-electron chi connectivity index (χ0n) is 13.7. The molecule has 4 nitrogen and oxygen atoms in total. The normalized spacial score (nSPS) is 17.5. The molecule has 0 saturated carbocycles. The van der Waals surface area contributed by atoms with Crippen molar-refractivity contribution >= 4 is 26.6 Å². The number of aromatic nitrogens is 1. The molecule has 1 aliphatic rings. The molecule has 2 heterocycles. The Morgan fingerprint density at radius 3 is 2.80 bits per heavy atom. The number of rotatable bonds is 2. The van der Waals surface area contributed by atoms with Crippen molar-refractivity contribution in [2.75, 3.05) is 4.31 Å².